The highest BCUT2D eigenvalue weighted by Gasteiger charge is 2.21. The first-order valence-corrected chi connectivity index (χ1v) is 7.83. The van der Waals surface area contributed by atoms with E-state index in [1.165, 1.54) is 6.92 Å². The van der Waals surface area contributed by atoms with E-state index < -0.39 is 0 Å². The second-order valence-electron chi connectivity index (χ2n) is 5.78. The van der Waals surface area contributed by atoms with Gasteiger partial charge in [-0.15, -0.1) is 0 Å². The maximum Gasteiger partial charge on any atom is 0.224 e. The average Bonchev–Trinajstić information content (AvgIpc) is 2.56. The van der Waals surface area contributed by atoms with E-state index in [1.807, 2.05) is 31.2 Å². The molecule has 6 nitrogen and oxygen atoms in total. The zero-order chi connectivity index (χ0) is 16.8. The number of carbonyl (C=O) groups is 3. The van der Waals surface area contributed by atoms with Crippen LogP contribution in [0.25, 0.3) is 0 Å². The second kappa shape index (κ2) is 7.76. The number of nitrogens with zero attached hydrogens (tertiary/aromatic N) is 3. The van der Waals surface area contributed by atoms with Crippen molar-refractivity contribution in [3.8, 4) is 0 Å². The summed E-state index contributed by atoms with van der Waals surface area (Å²) in [5.41, 5.74) is 1.93. The molecule has 2 rings (SSSR count). The first-order valence-electron chi connectivity index (χ1n) is 7.83. The predicted octanol–water partition coefficient (Wildman–Crippen LogP) is 1.04. The number of carbonyl (C=O) groups excluding carboxylic acids is 3. The molecule has 1 heterocycles. The molecule has 1 aromatic carbocycles. The van der Waals surface area contributed by atoms with E-state index in [1.54, 1.807) is 14.7 Å². The Morgan fingerprint density at radius 2 is 1.74 bits per heavy atom. The zero-order valence-electron chi connectivity index (χ0n) is 13.7. The molecule has 0 radical (unpaired) electrons. The van der Waals surface area contributed by atoms with E-state index in [-0.39, 0.29) is 18.2 Å². The van der Waals surface area contributed by atoms with Crippen molar-refractivity contribution in [2.24, 2.45) is 0 Å². The molecule has 124 valence electrons. The maximum atomic E-state index is 12.3. The normalized spacial score (nSPS) is 14.5. The van der Waals surface area contributed by atoms with Crippen LogP contribution >= 0.6 is 0 Å². The summed E-state index contributed by atoms with van der Waals surface area (Å²) in [6, 6.07) is 7.69. The van der Waals surface area contributed by atoms with E-state index in [4.69, 9.17) is 0 Å². The molecule has 1 aliphatic rings. The van der Waals surface area contributed by atoms with Gasteiger partial charge in [-0.2, -0.15) is 0 Å². The fourth-order valence-corrected chi connectivity index (χ4v) is 2.64. The van der Waals surface area contributed by atoms with Crippen LogP contribution in [-0.4, -0.2) is 60.7 Å². The quantitative estimate of drug-likeness (QED) is 0.762. The van der Waals surface area contributed by atoms with E-state index in [2.05, 4.69) is 0 Å². The van der Waals surface area contributed by atoms with Crippen molar-refractivity contribution in [2.45, 2.75) is 20.3 Å². The highest BCUT2D eigenvalue weighted by Crippen LogP contribution is 2.16. The molecule has 1 aromatic rings. The van der Waals surface area contributed by atoms with Gasteiger partial charge in [-0.1, -0.05) is 17.7 Å². The fraction of sp³-hybridized carbons (Fsp3) is 0.471. The van der Waals surface area contributed by atoms with Crippen molar-refractivity contribution in [3.05, 3.63) is 29.8 Å². The lowest BCUT2D eigenvalue weighted by Crippen LogP contribution is -2.48. The number of benzene rings is 1. The Labute approximate surface area is 136 Å². The Hall–Kier alpha value is -2.37. The highest BCUT2D eigenvalue weighted by molar-refractivity contribution is 5.92. The summed E-state index contributed by atoms with van der Waals surface area (Å²) in [5.74, 6) is -0.0543. The van der Waals surface area contributed by atoms with Crippen LogP contribution in [0.4, 0.5) is 5.69 Å². The SMILES string of the molecule is CC(=O)N(CCC(=O)N1CCN(C=O)CC1)c1ccc(C)cc1. The first-order chi connectivity index (χ1) is 11.0. The molecule has 0 bridgehead atoms. The average molecular weight is 317 g/mol. The minimum absolute atomic E-state index is 0.0221. The molecular formula is C17H23N3O3. The molecule has 23 heavy (non-hydrogen) atoms. The minimum Gasteiger partial charge on any atom is -0.342 e. The maximum absolute atomic E-state index is 12.3. The lowest BCUT2D eigenvalue weighted by molar-refractivity contribution is -0.135. The molecule has 1 saturated heterocycles. The number of amides is 3. The van der Waals surface area contributed by atoms with Gasteiger partial charge >= 0.3 is 0 Å². The summed E-state index contributed by atoms with van der Waals surface area (Å²) in [6.45, 7) is 6.13. The van der Waals surface area contributed by atoms with Gasteiger partial charge in [0.25, 0.3) is 0 Å². The van der Waals surface area contributed by atoms with Crippen LogP contribution in [0.3, 0.4) is 0 Å². The number of anilines is 1. The largest absolute Gasteiger partial charge is 0.342 e. The number of piperazine rings is 1. The number of hydrogen-bond acceptors (Lipinski definition) is 3. The third kappa shape index (κ3) is 4.55. The summed E-state index contributed by atoms with van der Waals surface area (Å²) in [5, 5.41) is 0. The van der Waals surface area contributed by atoms with Crippen LogP contribution in [0, 0.1) is 6.92 Å². The van der Waals surface area contributed by atoms with E-state index >= 15 is 0 Å². The minimum atomic E-state index is -0.0765. The summed E-state index contributed by atoms with van der Waals surface area (Å²) in [7, 11) is 0. The molecule has 1 aliphatic heterocycles. The van der Waals surface area contributed by atoms with Gasteiger partial charge in [-0.05, 0) is 19.1 Å². The Morgan fingerprint density at radius 3 is 2.26 bits per heavy atom. The Balaban J connectivity index is 1.91. The summed E-state index contributed by atoms with van der Waals surface area (Å²) in [4.78, 5) is 39.9. The van der Waals surface area contributed by atoms with Gasteiger partial charge in [0.1, 0.15) is 0 Å². The molecule has 0 atom stereocenters. The van der Waals surface area contributed by atoms with Crippen molar-refractivity contribution in [3.63, 3.8) is 0 Å². The van der Waals surface area contributed by atoms with Crippen LogP contribution in [0.15, 0.2) is 24.3 Å². The van der Waals surface area contributed by atoms with Crippen molar-refractivity contribution < 1.29 is 14.4 Å². The molecular weight excluding hydrogens is 294 g/mol. The van der Waals surface area contributed by atoms with Gasteiger partial charge in [-0.3, -0.25) is 14.4 Å². The fourth-order valence-electron chi connectivity index (χ4n) is 2.64. The third-order valence-electron chi connectivity index (χ3n) is 4.09. The van der Waals surface area contributed by atoms with Crippen LogP contribution in [0.2, 0.25) is 0 Å². The van der Waals surface area contributed by atoms with Crippen LogP contribution in [-0.2, 0) is 14.4 Å². The number of hydrogen-bond donors (Lipinski definition) is 0. The predicted molar refractivity (Wildman–Crippen MR) is 88.0 cm³/mol. The van der Waals surface area contributed by atoms with Crippen LogP contribution in [0.1, 0.15) is 18.9 Å². The van der Waals surface area contributed by atoms with Gasteiger partial charge in [0, 0.05) is 51.8 Å². The molecule has 0 aromatic heterocycles. The van der Waals surface area contributed by atoms with Gasteiger partial charge in [0.2, 0.25) is 18.2 Å². The lowest BCUT2D eigenvalue weighted by atomic mass is 10.2. The Morgan fingerprint density at radius 1 is 1.13 bits per heavy atom. The van der Waals surface area contributed by atoms with Crippen molar-refractivity contribution in [1.82, 2.24) is 9.80 Å². The van der Waals surface area contributed by atoms with Gasteiger partial charge in [-0.25, -0.2) is 0 Å². The number of rotatable bonds is 5. The molecule has 3 amide bonds. The van der Waals surface area contributed by atoms with E-state index in [0.29, 0.717) is 32.7 Å². The molecule has 0 unspecified atom stereocenters. The Bertz CT molecular complexity index is 563. The van der Waals surface area contributed by atoms with Crippen molar-refractivity contribution >= 4 is 23.9 Å². The van der Waals surface area contributed by atoms with Gasteiger partial charge in [0.15, 0.2) is 0 Å². The third-order valence-corrected chi connectivity index (χ3v) is 4.09. The molecule has 0 spiro atoms. The zero-order valence-corrected chi connectivity index (χ0v) is 13.7. The smallest absolute Gasteiger partial charge is 0.224 e. The molecule has 0 saturated carbocycles. The van der Waals surface area contributed by atoms with E-state index in [9.17, 15) is 14.4 Å². The standard InChI is InChI=1S/C17H23N3O3/c1-14-3-5-16(6-4-14)20(15(2)22)8-7-17(23)19-11-9-18(13-21)10-12-19/h3-6,13H,7-12H2,1-2H3. The highest BCUT2D eigenvalue weighted by atomic mass is 16.2. The second-order valence-corrected chi connectivity index (χ2v) is 5.78. The Kier molecular flexibility index (Phi) is 5.73. The molecule has 0 aliphatic carbocycles. The topological polar surface area (TPSA) is 60.9 Å². The molecule has 0 N–H and O–H groups in total. The summed E-state index contributed by atoms with van der Waals surface area (Å²) < 4.78 is 0. The summed E-state index contributed by atoms with van der Waals surface area (Å²) in [6.07, 6.45) is 1.10. The summed E-state index contributed by atoms with van der Waals surface area (Å²) >= 11 is 0. The van der Waals surface area contributed by atoms with Crippen LogP contribution in [0.5, 0.6) is 0 Å². The van der Waals surface area contributed by atoms with Gasteiger partial charge in [0.05, 0.1) is 0 Å². The van der Waals surface area contributed by atoms with E-state index in [0.717, 1.165) is 17.7 Å². The molecule has 6 heteroatoms. The first kappa shape index (κ1) is 17.0. The van der Waals surface area contributed by atoms with Crippen molar-refractivity contribution in [2.75, 3.05) is 37.6 Å². The van der Waals surface area contributed by atoms with Crippen molar-refractivity contribution in [1.29, 1.82) is 0 Å². The lowest BCUT2D eigenvalue weighted by Gasteiger charge is -2.33. The molecule has 1 fully saturated rings. The van der Waals surface area contributed by atoms with Crippen LogP contribution < -0.4 is 4.90 Å². The monoisotopic (exact) mass is 317 g/mol. The number of aryl methyl sites for hydroxylation is 1. The van der Waals surface area contributed by atoms with Gasteiger partial charge < -0.3 is 14.7 Å².